The van der Waals surface area contributed by atoms with E-state index in [1.165, 1.54) is 166 Å². The van der Waals surface area contributed by atoms with Crippen molar-refractivity contribution in [3.8, 4) is 23.0 Å². The molecule has 0 aliphatic rings. The van der Waals surface area contributed by atoms with Crippen LogP contribution >= 0.6 is 0 Å². The van der Waals surface area contributed by atoms with E-state index in [0.717, 1.165) is 80.4 Å². The van der Waals surface area contributed by atoms with Crippen molar-refractivity contribution in [2.24, 2.45) is 21.9 Å². The number of hydrogen-bond acceptors (Lipinski definition) is 24. The molecule has 8 aromatic rings. The number of nitro groups is 1. The van der Waals surface area contributed by atoms with E-state index >= 15 is 0 Å². The number of fused-ring (bicyclic) bond motifs is 4. The molecular weight excluding hydrogens is 1410 g/mol. The Labute approximate surface area is 628 Å². The molecule has 0 amide bonds. The second kappa shape index (κ2) is 50.1. The number of benzene rings is 8. The molecule has 104 heavy (non-hydrogen) atoms. The molecule has 8 N–H and O–H groups in total. The summed E-state index contributed by atoms with van der Waals surface area (Å²) in [4.78, 5) is 8.54. The fourth-order valence-corrected chi connectivity index (χ4v) is 12.8. The van der Waals surface area contributed by atoms with Gasteiger partial charge < -0.3 is 82.6 Å². The number of unbranched alkanes of at least 4 members (excludes halogenated alkanes) is 19. The van der Waals surface area contributed by atoms with Gasteiger partial charge >= 0.3 is 21.6 Å². The number of rotatable bonds is 40. The fraction of sp³-hybridized carbons (Fsp3) is 0.474. The molecule has 25 nitrogen and oxygen atoms in total. The van der Waals surface area contributed by atoms with Gasteiger partial charge in [-0.05, 0) is 85.9 Å². The van der Waals surface area contributed by atoms with Crippen molar-refractivity contribution in [2.45, 2.75) is 192 Å². The Kier molecular flexibility index (Phi) is 43.6. The third-order valence-corrected chi connectivity index (χ3v) is 19.0. The molecule has 0 heterocycles. The van der Waals surface area contributed by atoms with Crippen LogP contribution in [-0.2, 0) is 37.6 Å². The second-order valence-corrected chi connectivity index (χ2v) is 27.8. The van der Waals surface area contributed by atoms with Gasteiger partial charge in [0.2, 0.25) is 0 Å². The summed E-state index contributed by atoms with van der Waals surface area (Å²) in [6.07, 6.45) is 33.0. The minimum absolute atomic E-state index is 0. The molecule has 0 bridgehead atoms. The average Bonchev–Trinajstić information content (AvgIpc) is 0.768. The van der Waals surface area contributed by atoms with Gasteiger partial charge in [-0.15, -0.1) is 0 Å². The Morgan fingerprint density at radius 1 is 0.481 bits per heavy atom. The first-order valence-electron chi connectivity index (χ1n) is 35.9. The average molecular weight is 1520 g/mol. The topological polar surface area (TPSA) is 438 Å². The number of nitrogens with two attached hydrogens (primary N) is 1. The Bertz CT molecular complexity index is 4060. The predicted octanol–water partition coefficient (Wildman–Crippen LogP) is 15.1. The van der Waals surface area contributed by atoms with Gasteiger partial charge in [-0.1, -0.05) is 264 Å². The van der Waals surface area contributed by atoms with Gasteiger partial charge in [0.25, 0.3) is 5.69 Å². The van der Waals surface area contributed by atoms with Crippen molar-refractivity contribution < 1.29 is 83.1 Å². The van der Waals surface area contributed by atoms with E-state index < -0.39 is 68.8 Å². The van der Waals surface area contributed by atoms with Crippen LogP contribution in [0.15, 0.2) is 141 Å². The zero-order valence-corrected chi connectivity index (χ0v) is 63.2. The van der Waals surface area contributed by atoms with E-state index in [1.807, 2.05) is 0 Å². The first-order valence-corrected chi connectivity index (χ1v) is 38.7. The summed E-state index contributed by atoms with van der Waals surface area (Å²) in [6, 6.07) is 27.1. The second-order valence-electron chi connectivity index (χ2n) is 25.1. The summed E-state index contributed by atoms with van der Waals surface area (Å²) in [6.45, 7) is 14.0. The van der Waals surface area contributed by atoms with Gasteiger partial charge in [0.1, 0.15) is 20.2 Å². The molecule has 0 saturated carbocycles. The van der Waals surface area contributed by atoms with E-state index in [-0.39, 0.29) is 84.9 Å². The molecule has 0 fully saturated rings. The number of non-ortho nitro benzene ring substituents is 1. The van der Waals surface area contributed by atoms with Gasteiger partial charge in [-0.2, -0.15) is 10.2 Å². The van der Waals surface area contributed by atoms with E-state index in [1.54, 1.807) is 60.7 Å². The van der Waals surface area contributed by atoms with Crippen LogP contribution in [0.3, 0.4) is 0 Å². The van der Waals surface area contributed by atoms with Crippen LogP contribution in [0, 0.1) is 26.4 Å². The van der Waals surface area contributed by atoms with Crippen LogP contribution in [0.5, 0.6) is 23.0 Å². The largest absolute Gasteiger partial charge is 3.00 e. The van der Waals surface area contributed by atoms with Crippen LogP contribution < -0.4 is 52.9 Å². The SMILES string of the molecule is CCCCC(CC)CN.CCCCCCCCCCCCNCCO.CCCCCCCCCCCCNCCO.O=S(=O)([O-])c1cc([O-])c(NNc2c([O-])ccc3ccccc23)c2ccc(N([O-])[O-])cc12.O=[N+]([O-])c1ccc2c(N=Nc3c([O-])ccc4ccccc34)c([O-])cc(S(=O)(=O)[O-])c2c1.[Cr+3].[H+].[H+].[H+]. The molecule has 0 saturated heterocycles. The van der Waals surface area contributed by atoms with Gasteiger partial charge in [-0.3, -0.25) is 10.1 Å². The third kappa shape index (κ3) is 31.3. The van der Waals surface area contributed by atoms with E-state index in [2.05, 4.69) is 59.4 Å². The molecule has 8 rings (SSSR count). The van der Waals surface area contributed by atoms with Crippen LogP contribution in [0.4, 0.5) is 34.1 Å². The molecular formula is C76H106CrN9O16S2-2. The van der Waals surface area contributed by atoms with Gasteiger partial charge in [0.05, 0.1) is 50.7 Å². The molecule has 0 aromatic heterocycles. The number of aliphatic hydroxyl groups is 2. The van der Waals surface area contributed by atoms with Crippen LogP contribution in [-0.4, -0.2) is 87.0 Å². The number of nitrogens with one attached hydrogen (secondary N) is 4. The smallest absolute Gasteiger partial charge is 0.871 e. The van der Waals surface area contributed by atoms with Gasteiger partial charge in [-0.25, -0.2) is 16.8 Å². The Morgan fingerprint density at radius 2 is 0.904 bits per heavy atom. The Balaban J connectivity index is 0.00000138. The number of anilines is 3. The summed E-state index contributed by atoms with van der Waals surface area (Å²) in [5, 5.41) is 115. The molecule has 8 aromatic carbocycles. The van der Waals surface area contributed by atoms with Crippen LogP contribution in [0.2, 0.25) is 0 Å². The summed E-state index contributed by atoms with van der Waals surface area (Å²) in [7, 11) is -10.2. The summed E-state index contributed by atoms with van der Waals surface area (Å²) < 4.78 is 69.7. The molecule has 0 spiro atoms. The number of nitrogens with zero attached hydrogens (tertiary/aromatic N) is 4. The Morgan fingerprint density at radius 3 is 1.37 bits per heavy atom. The van der Waals surface area contributed by atoms with Crippen molar-refractivity contribution in [1.29, 1.82) is 0 Å². The maximum Gasteiger partial charge on any atom is 3.00 e. The van der Waals surface area contributed by atoms with Gasteiger partial charge in [0.15, 0.2) is 0 Å². The predicted molar refractivity (Wildman–Crippen MR) is 406 cm³/mol. The summed E-state index contributed by atoms with van der Waals surface area (Å²) in [5.74, 6) is -1.82. The monoisotopic (exact) mass is 1520 g/mol. The molecule has 28 heteroatoms. The number of hydrazine groups is 1. The van der Waals surface area contributed by atoms with Crippen molar-refractivity contribution in [3.05, 3.63) is 142 Å². The summed E-state index contributed by atoms with van der Waals surface area (Å²) >= 11 is 0. The molecule has 0 aliphatic carbocycles. The maximum atomic E-state index is 12.6. The normalized spacial score (nSPS) is 11.6. The van der Waals surface area contributed by atoms with Crippen molar-refractivity contribution in [3.63, 3.8) is 0 Å². The van der Waals surface area contributed by atoms with Crippen molar-refractivity contribution >= 4 is 97.5 Å². The quantitative estimate of drug-likeness (QED) is 0.00616. The van der Waals surface area contributed by atoms with E-state index in [9.17, 15) is 66.9 Å². The van der Waals surface area contributed by atoms with Gasteiger partial charge in [0, 0.05) is 63.2 Å². The molecule has 1 unspecified atom stereocenters. The number of aliphatic hydroxyl groups excluding tert-OH is 2. The number of azo groups is 1. The number of nitro benzene ring substituents is 1. The zero-order valence-electron chi connectivity index (χ0n) is 63.2. The number of hydrogen-bond donors (Lipinski definition) is 7. The summed E-state index contributed by atoms with van der Waals surface area (Å²) in [5.41, 5.74) is 9.45. The Hall–Kier alpha value is -7.53. The molecule has 571 valence electrons. The zero-order chi connectivity index (χ0) is 75.6. The van der Waals surface area contributed by atoms with E-state index in [4.69, 9.17) is 15.9 Å². The first kappa shape index (κ1) is 90.7. The molecule has 0 aliphatic heterocycles. The minimum atomic E-state index is -5.11. The van der Waals surface area contributed by atoms with E-state index in [0.29, 0.717) is 28.3 Å². The van der Waals surface area contributed by atoms with Crippen LogP contribution in [0.25, 0.3) is 43.1 Å². The van der Waals surface area contributed by atoms with Crippen molar-refractivity contribution in [1.82, 2.24) is 10.6 Å². The molecule has 1 radical (unpaired) electrons. The third-order valence-electron chi connectivity index (χ3n) is 17.2. The first-order chi connectivity index (χ1) is 49.5. The molecule has 1 atom stereocenters. The standard InChI is InChI=1S/C20H15N3O7S.C20H13N3O7S.2C14H31NO.C8H19N.Cr/c2*24-16-8-5-11-3-1-2-4-13(11)19(16)21-22-20-14-7-6-12(23(26)27)9-15(14)18(10-17(20)25)31(28,29)30;2*1-2-3-4-5-6-7-8-9-10-11-12-15-13-14-16;1-3-5-6-8(4-2)7-9;/h1-10,21-22,24-25H,(H,28,29,30);1-10,24-25H,(H,28,29,30);2*15-16H,2-14H2,1H3;8H,3-7,9H2,1-2H3;/q-2;;;;;+3/p-3. The van der Waals surface area contributed by atoms with Crippen molar-refractivity contribution in [2.75, 3.05) is 62.0 Å². The maximum absolute atomic E-state index is 12.6. The fourth-order valence-electron chi connectivity index (χ4n) is 11.4. The van der Waals surface area contributed by atoms with Crippen LogP contribution in [0.1, 0.15) is 186 Å². The minimum Gasteiger partial charge on any atom is -0.871 e.